The zero-order valence-corrected chi connectivity index (χ0v) is 7.21. The summed E-state index contributed by atoms with van der Waals surface area (Å²) in [5.41, 5.74) is 0. The Kier molecular flexibility index (Phi) is 3.37. The molecular weight excluding hydrogens is 172 g/mol. The number of methoxy groups -OCH3 is 1. The fraction of sp³-hybridized carbons (Fsp3) is 0.571. The van der Waals surface area contributed by atoms with E-state index in [2.05, 4.69) is 10.1 Å². The molecule has 1 atom stereocenters. The molecule has 0 amide bonds. The van der Waals surface area contributed by atoms with E-state index in [9.17, 15) is 5.11 Å². The summed E-state index contributed by atoms with van der Waals surface area (Å²) in [4.78, 5) is 3.69. The molecule has 0 aliphatic rings. The summed E-state index contributed by atoms with van der Waals surface area (Å²) in [6, 6.07) is 1.80. The van der Waals surface area contributed by atoms with Gasteiger partial charge in [-0.25, -0.2) is 9.67 Å². The Labute approximate surface area is 75.4 Å². The van der Waals surface area contributed by atoms with Crippen molar-refractivity contribution in [2.75, 3.05) is 13.7 Å². The lowest BCUT2D eigenvalue weighted by molar-refractivity contribution is 0.0513. The van der Waals surface area contributed by atoms with Crippen LogP contribution in [0.2, 0.25) is 0 Å². The van der Waals surface area contributed by atoms with Crippen LogP contribution < -0.4 is 0 Å². The fourth-order valence-electron chi connectivity index (χ4n) is 0.895. The highest BCUT2D eigenvalue weighted by Gasteiger charge is 2.06. The molecule has 1 aromatic heterocycles. The molecule has 70 valence electrons. The molecule has 0 saturated heterocycles. The van der Waals surface area contributed by atoms with Crippen LogP contribution in [0.1, 0.15) is 5.82 Å². The second-order valence-electron chi connectivity index (χ2n) is 2.51. The monoisotopic (exact) mass is 182 g/mol. The van der Waals surface area contributed by atoms with Crippen LogP contribution in [0, 0.1) is 11.3 Å². The summed E-state index contributed by atoms with van der Waals surface area (Å²) >= 11 is 0. The third kappa shape index (κ3) is 2.82. The minimum absolute atomic E-state index is 0.101. The standard InChI is InChI=1S/C7H10N4O2/c1-13-4-6(12)3-11-5-9-7(2-8)10-11/h5-6,12H,3-4H2,1H3. The molecule has 0 fully saturated rings. The van der Waals surface area contributed by atoms with Gasteiger partial charge in [0.2, 0.25) is 0 Å². The van der Waals surface area contributed by atoms with E-state index in [0.717, 1.165) is 0 Å². The normalized spacial score (nSPS) is 12.4. The lowest BCUT2D eigenvalue weighted by atomic mass is 10.4. The number of rotatable bonds is 4. The van der Waals surface area contributed by atoms with Crippen molar-refractivity contribution in [3.05, 3.63) is 12.2 Å². The van der Waals surface area contributed by atoms with E-state index in [-0.39, 0.29) is 19.0 Å². The highest BCUT2D eigenvalue weighted by atomic mass is 16.5. The van der Waals surface area contributed by atoms with Gasteiger partial charge in [0, 0.05) is 7.11 Å². The first-order valence-corrected chi connectivity index (χ1v) is 3.73. The van der Waals surface area contributed by atoms with Crippen LogP contribution in [0.15, 0.2) is 6.33 Å². The first kappa shape index (κ1) is 9.64. The first-order valence-electron chi connectivity index (χ1n) is 3.73. The lowest BCUT2D eigenvalue weighted by Crippen LogP contribution is -2.21. The van der Waals surface area contributed by atoms with E-state index in [0.29, 0.717) is 0 Å². The SMILES string of the molecule is COCC(O)Cn1cnc(C#N)n1. The first-order chi connectivity index (χ1) is 6.26. The van der Waals surface area contributed by atoms with Gasteiger partial charge in [0.1, 0.15) is 12.4 Å². The van der Waals surface area contributed by atoms with Crippen molar-refractivity contribution in [2.45, 2.75) is 12.6 Å². The topological polar surface area (TPSA) is 84.0 Å². The molecule has 0 aliphatic heterocycles. The van der Waals surface area contributed by atoms with Crippen LogP contribution in [-0.2, 0) is 11.3 Å². The number of aromatic nitrogens is 3. The summed E-state index contributed by atoms with van der Waals surface area (Å²) in [6.07, 6.45) is 0.774. The number of aliphatic hydroxyl groups is 1. The van der Waals surface area contributed by atoms with Gasteiger partial charge in [0.25, 0.3) is 5.82 Å². The van der Waals surface area contributed by atoms with Gasteiger partial charge in [-0.1, -0.05) is 0 Å². The number of aliphatic hydroxyl groups excluding tert-OH is 1. The van der Waals surface area contributed by atoms with Crippen LogP contribution in [0.25, 0.3) is 0 Å². The number of ether oxygens (including phenoxy) is 1. The van der Waals surface area contributed by atoms with Crippen molar-refractivity contribution in [1.82, 2.24) is 14.8 Å². The molecule has 0 spiro atoms. The summed E-state index contributed by atoms with van der Waals surface area (Å²) < 4.78 is 6.14. The van der Waals surface area contributed by atoms with Crippen LogP contribution in [-0.4, -0.2) is 39.7 Å². The average Bonchev–Trinajstić information content (AvgIpc) is 2.52. The quantitative estimate of drug-likeness (QED) is 0.656. The largest absolute Gasteiger partial charge is 0.389 e. The summed E-state index contributed by atoms with van der Waals surface area (Å²) in [6.45, 7) is 0.518. The number of hydrogen-bond donors (Lipinski definition) is 1. The Hall–Kier alpha value is -1.45. The van der Waals surface area contributed by atoms with E-state index < -0.39 is 6.10 Å². The maximum atomic E-state index is 9.29. The van der Waals surface area contributed by atoms with Crippen molar-refractivity contribution in [2.24, 2.45) is 0 Å². The molecule has 0 saturated carbocycles. The second kappa shape index (κ2) is 4.54. The Balaban J connectivity index is 2.50. The predicted molar refractivity (Wildman–Crippen MR) is 42.6 cm³/mol. The molecule has 0 radical (unpaired) electrons. The molecule has 1 aromatic rings. The van der Waals surface area contributed by atoms with E-state index in [1.165, 1.54) is 18.1 Å². The molecular formula is C7H10N4O2. The Morgan fingerprint density at radius 3 is 3.15 bits per heavy atom. The van der Waals surface area contributed by atoms with E-state index >= 15 is 0 Å². The maximum Gasteiger partial charge on any atom is 0.252 e. The highest BCUT2D eigenvalue weighted by molar-refractivity contribution is 5.05. The Morgan fingerprint density at radius 2 is 2.62 bits per heavy atom. The zero-order valence-electron chi connectivity index (χ0n) is 7.21. The average molecular weight is 182 g/mol. The molecule has 1 unspecified atom stereocenters. The number of nitriles is 1. The third-order valence-electron chi connectivity index (χ3n) is 1.39. The van der Waals surface area contributed by atoms with E-state index in [4.69, 9.17) is 10.00 Å². The van der Waals surface area contributed by atoms with Crippen LogP contribution in [0.3, 0.4) is 0 Å². The second-order valence-corrected chi connectivity index (χ2v) is 2.51. The smallest absolute Gasteiger partial charge is 0.252 e. The third-order valence-corrected chi connectivity index (χ3v) is 1.39. The van der Waals surface area contributed by atoms with Crippen molar-refractivity contribution < 1.29 is 9.84 Å². The van der Waals surface area contributed by atoms with E-state index in [1.807, 2.05) is 0 Å². The molecule has 1 rings (SSSR count). The summed E-state index contributed by atoms with van der Waals surface area (Å²) in [7, 11) is 1.51. The van der Waals surface area contributed by atoms with Gasteiger partial charge < -0.3 is 9.84 Å². The van der Waals surface area contributed by atoms with Crippen molar-refractivity contribution >= 4 is 0 Å². The number of nitrogens with zero attached hydrogens (tertiary/aromatic N) is 4. The zero-order chi connectivity index (χ0) is 9.68. The highest BCUT2D eigenvalue weighted by Crippen LogP contribution is 1.92. The molecule has 0 aromatic carbocycles. The summed E-state index contributed by atoms with van der Waals surface area (Å²) in [5.74, 6) is 0.101. The fourth-order valence-corrected chi connectivity index (χ4v) is 0.895. The van der Waals surface area contributed by atoms with Crippen LogP contribution >= 0.6 is 0 Å². The van der Waals surface area contributed by atoms with E-state index in [1.54, 1.807) is 6.07 Å². The van der Waals surface area contributed by atoms with Crippen molar-refractivity contribution in [3.63, 3.8) is 0 Å². The lowest BCUT2D eigenvalue weighted by Gasteiger charge is -2.07. The minimum atomic E-state index is -0.627. The molecule has 1 N–H and O–H groups in total. The van der Waals surface area contributed by atoms with Gasteiger partial charge in [0.15, 0.2) is 0 Å². The van der Waals surface area contributed by atoms with Gasteiger partial charge in [-0.05, 0) is 0 Å². The van der Waals surface area contributed by atoms with Gasteiger partial charge in [0.05, 0.1) is 19.3 Å². The van der Waals surface area contributed by atoms with Crippen LogP contribution in [0.5, 0.6) is 0 Å². The Morgan fingerprint density at radius 1 is 1.85 bits per heavy atom. The molecule has 0 bridgehead atoms. The molecule has 6 heteroatoms. The van der Waals surface area contributed by atoms with Crippen molar-refractivity contribution in [3.8, 4) is 6.07 Å². The molecule has 1 heterocycles. The van der Waals surface area contributed by atoms with Gasteiger partial charge in [-0.2, -0.15) is 5.26 Å². The maximum absolute atomic E-state index is 9.29. The predicted octanol–water partition coefficient (Wildman–Crippen LogP) is -0.843. The molecule has 6 nitrogen and oxygen atoms in total. The minimum Gasteiger partial charge on any atom is -0.389 e. The van der Waals surface area contributed by atoms with Crippen LogP contribution in [0.4, 0.5) is 0 Å². The molecule has 13 heavy (non-hydrogen) atoms. The van der Waals surface area contributed by atoms with Gasteiger partial charge >= 0.3 is 0 Å². The van der Waals surface area contributed by atoms with Gasteiger partial charge in [-0.15, -0.1) is 5.10 Å². The number of hydrogen-bond acceptors (Lipinski definition) is 5. The Bertz CT molecular complexity index is 304. The van der Waals surface area contributed by atoms with Gasteiger partial charge in [-0.3, -0.25) is 0 Å². The molecule has 0 aliphatic carbocycles. The van der Waals surface area contributed by atoms with Crippen molar-refractivity contribution in [1.29, 1.82) is 5.26 Å². The summed E-state index contributed by atoms with van der Waals surface area (Å²) in [5, 5.41) is 21.5.